The Morgan fingerprint density at radius 3 is 2.47 bits per heavy atom. The van der Waals surface area contributed by atoms with Gasteiger partial charge in [0.2, 0.25) is 5.91 Å². The first-order valence-corrected chi connectivity index (χ1v) is 10.6. The summed E-state index contributed by atoms with van der Waals surface area (Å²) in [5.74, 6) is -3.00. The first kappa shape index (κ1) is 23.6. The van der Waals surface area contributed by atoms with E-state index in [0.29, 0.717) is 17.8 Å². The highest BCUT2D eigenvalue weighted by molar-refractivity contribution is 8.03. The van der Waals surface area contributed by atoms with E-state index < -0.39 is 58.4 Å². The van der Waals surface area contributed by atoms with Crippen molar-refractivity contribution in [3.05, 3.63) is 73.9 Å². The Hall–Kier alpha value is -3.55. The number of alkyl halides is 3. The van der Waals surface area contributed by atoms with E-state index in [9.17, 15) is 36.3 Å². The lowest BCUT2D eigenvalue weighted by Gasteiger charge is -2.31. The molecule has 180 valence electrons. The van der Waals surface area contributed by atoms with Gasteiger partial charge in [-0.25, -0.2) is 13.6 Å². The maximum absolute atomic E-state index is 14.2. The molecule has 1 unspecified atom stereocenters. The number of aromatic nitrogens is 3. The van der Waals surface area contributed by atoms with Crippen molar-refractivity contribution in [2.45, 2.75) is 18.3 Å². The van der Waals surface area contributed by atoms with E-state index in [1.54, 1.807) is 0 Å². The largest absolute Gasteiger partial charge is 0.487 e. The molecule has 2 aromatic heterocycles. The summed E-state index contributed by atoms with van der Waals surface area (Å²) in [6.07, 6.45) is -3.63. The average molecular weight is 501 g/mol. The number of aryl methyl sites for hydroxylation is 1. The summed E-state index contributed by atoms with van der Waals surface area (Å²) in [5.41, 5.74) is -3.70. The number of nitrogens with zero attached hydrogens (tertiary/aromatic N) is 4. The number of fused-ring (bicyclic) bond motifs is 1. The predicted molar refractivity (Wildman–Crippen MR) is 114 cm³/mol. The summed E-state index contributed by atoms with van der Waals surface area (Å²) in [5, 5.41) is 3.23. The second kappa shape index (κ2) is 8.34. The molecule has 0 saturated heterocycles. The molecule has 0 spiro atoms. The topological polar surface area (TPSA) is 81.3 Å². The molecule has 8 nitrogen and oxygen atoms in total. The lowest BCUT2D eigenvalue weighted by atomic mass is 10.1. The highest BCUT2D eigenvalue weighted by atomic mass is 32.2. The van der Waals surface area contributed by atoms with Crippen LogP contribution in [0.3, 0.4) is 0 Å². The first-order valence-electron chi connectivity index (χ1n) is 9.61. The van der Waals surface area contributed by atoms with Gasteiger partial charge in [0, 0.05) is 31.9 Å². The van der Waals surface area contributed by atoms with Crippen LogP contribution in [-0.2, 0) is 25.4 Å². The van der Waals surface area contributed by atoms with E-state index >= 15 is 0 Å². The molecule has 0 bridgehead atoms. The zero-order valence-electron chi connectivity index (χ0n) is 17.6. The van der Waals surface area contributed by atoms with Crippen LogP contribution in [0.4, 0.5) is 22.0 Å². The number of halogens is 5. The fourth-order valence-electron chi connectivity index (χ4n) is 3.64. The minimum Gasteiger partial charge on any atom is -0.332 e. The highest BCUT2D eigenvalue weighted by Gasteiger charge is 2.47. The third-order valence-corrected chi connectivity index (χ3v) is 6.21. The van der Waals surface area contributed by atoms with Crippen LogP contribution in [0.25, 0.3) is 16.7 Å². The third-order valence-electron chi connectivity index (χ3n) is 5.27. The van der Waals surface area contributed by atoms with Crippen LogP contribution < -0.4 is 16.6 Å². The summed E-state index contributed by atoms with van der Waals surface area (Å²) in [7, 11) is 2.70. The normalized spacial score (nSPS) is 16.3. The number of benzene rings is 1. The molecule has 1 aliphatic rings. The fourth-order valence-corrected chi connectivity index (χ4v) is 4.69. The molecule has 1 atom stereocenters. The van der Waals surface area contributed by atoms with Gasteiger partial charge in [-0.15, -0.1) is 13.2 Å². The van der Waals surface area contributed by atoms with Gasteiger partial charge in [0.05, 0.1) is 11.2 Å². The Morgan fingerprint density at radius 1 is 1.12 bits per heavy atom. The van der Waals surface area contributed by atoms with Gasteiger partial charge in [0.1, 0.15) is 23.7 Å². The Bertz CT molecular complexity index is 1460. The van der Waals surface area contributed by atoms with E-state index in [1.165, 1.54) is 35.5 Å². The summed E-state index contributed by atoms with van der Waals surface area (Å²) in [4.78, 5) is 37.1. The monoisotopic (exact) mass is 501 g/mol. The Labute approximate surface area is 191 Å². The number of nitrogens with one attached hydrogen (secondary N) is 1. The molecular formula is C20H16F5N5O3S. The number of rotatable bonds is 4. The van der Waals surface area contributed by atoms with Gasteiger partial charge in [-0.3, -0.25) is 23.6 Å². The summed E-state index contributed by atoms with van der Waals surface area (Å²) in [6, 6.07) is 3.61. The lowest BCUT2D eigenvalue weighted by Crippen LogP contribution is -2.50. The van der Waals surface area contributed by atoms with Crippen LogP contribution in [0, 0.1) is 11.6 Å². The molecule has 1 aromatic carbocycles. The van der Waals surface area contributed by atoms with Crippen molar-refractivity contribution >= 4 is 34.4 Å². The van der Waals surface area contributed by atoms with E-state index in [2.05, 4.69) is 5.32 Å². The van der Waals surface area contributed by atoms with Gasteiger partial charge < -0.3 is 9.88 Å². The number of carbonyl (C=O) groups excluding carboxylic acids is 1. The van der Waals surface area contributed by atoms with Gasteiger partial charge in [0.25, 0.3) is 5.56 Å². The molecule has 4 rings (SSSR count). The maximum atomic E-state index is 14.2. The SMILES string of the molecule is Cn1c(=O)c2c(ccn2CC(=O)NC2SC=C(c3ccc(F)cc3F)N2C(F)(F)F)n(C)c1=O. The number of hydrogen-bond donors (Lipinski definition) is 1. The van der Waals surface area contributed by atoms with Gasteiger partial charge in [-0.2, -0.15) is 0 Å². The zero-order chi connectivity index (χ0) is 24.9. The minimum atomic E-state index is -5.00. The standard InChI is InChI=1S/C20H16F5N5O3S/c1-27-13-5-6-29(16(13)17(32)28(2)19(27)33)8-15(31)26-18-30(20(23,24)25)14(9-34-18)11-4-3-10(21)7-12(11)22/h3-7,9,18H,8H2,1-2H3,(H,26,31). The number of amides is 1. The molecule has 34 heavy (non-hydrogen) atoms. The van der Waals surface area contributed by atoms with Gasteiger partial charge in [-0.05, 0) is 23.6 Å². The molecule has 1 aliphatic heterocycles. The van der Waals surface area contributed by atoms with Crippen molar-refractivity contribution in [2.75, 3.05) is 0 Å². The second-order valence-electron chi connectivity index (χ2n) is 7.40. The summed E-state index contributed by atoms with van der Waals surface area (Å²) < 4.78 is 72.1. The molecule has 3 aromatic rings. The van der Waals surface area contributed by atoms with Crippen LogP contribution in [0.5, 0.6) is 0 Å². The highest BCUT2D eigenvalue weighted by Crippen LogP contribution is 2.43. The molecule has 0 fully saturated rings. The van der Waals surface area contributed by atoms with Gasteiger partial charge in [0.15, 0.2) is 5.50 Å². The Balaban J connectivity index is 1.60. The van der Waals surface area contributed by atoms with Crippen molar-refractivity contribution in [3.63, 3.8) is 0 Å². The number of thioether (sulfide) groups is 1. The van der Waals surface area contributed by atoms with Crippen LogP contribution in [-0.4, -0.2) is 36.3 Å². The summed E-state index contributed by atoms with van der Waals surface area (Å²) >= 11 is 0.579. The van der Waals surface area contributed by atoms with Crippen molar-refractivity contribution in [3.8, 4) is 0 Å². The average Bonchev–Trinajstić information content (AvgIpc) is 3.35. The molecule has 3 heterocycles. The lowest BCUT2D eigenvalue weighted by molar-refractivity contribution is -0.226. The fraction of sp³-hybridized carbons (Fsp3) is 0.250. The number of hydrogen-bond acceptors (Lipinski definition) is 5. The van der Waals surface area contributed by atoms with Gasteiger partial charge in [-0.1, -0.05) is 11.8 Å². The van der Waals surface area contributed by atoms with Crippen molar-refractivity contribution in [1.29, 1.82) is 0 Å². The molecular weight excluding hydrogens is 485 g/mol. The molecule has 0 saturated carbocycles. The van der Waals surface area contributed by atoms with Crippen LogP contribution in [0.15, 0.2) is 45.5 Å². The molecule has 1 N–H and O–H groups in total. The van der Waals surface area contributed by atoms with Crippen molar-refractivity contribution < 1.29 is 26.7 Å². The van der Waals surface area contributed by atoms with E-state index in [-0.39, 0.29) is 15.9 Å². The van der Waals surface area contributed by atoms with Gasteiger partial charge >= 0.3 is 12.0 Å². The van der Waals surface area contributed by atoms with E-state index in [1.807, 2.05) is 0 Å². The maximum Gasteiger partial charge on any atom is 0.487 e. The molecule has 14 heteroatoms. The quantitative estimate of drug-likeness (QED) is 0.439. The van der Waals surface area contributed by atoms with Crippen LogP contribution in [0.1, 0.15) is 5.56 Å². The van der Waals surface area contributed by atoms with Crippen LogP contribution >= 0.6 is 11.8 Å². The van der Waals surface area contributed by atoms with Crippen LogP contribution in [0.2, 0.25) is 0 Å². The molecule has 1 amide bonds. The Kier molecular flexibility index (Phi) is 5.79. The summed E-state index contributed by atoms with van der Waals surface area (Å²) in [6.45, 7) is -0.514. The van der Waals surface area contributed by atoms with E-state index in [0.717, 1.165) is 22.1 Å². The Morgan fingerprint density at radius 2 is 1.82 bits per heavy atom. The van der Waals surface area contributed by atoms with Crippen molar-refractivity contribution in [2.24, 2.45) is 14.1 Å². The molecule has 0 aliphatic carbocycles. The first-order chi connectivity index (χ1) is 15.9. The third kappa shape index (κ3) is 3.97. The second-order valence-corrected chi connectivity index (χ2v) is 8.36. The smallest absolute Gasteiger partial charge is 0.332 e. The predicted octanol–water partition coefficient (Wildman–Crippen LogP) is 2.28. The number of carbonyl (C=O) groups is 1. The van der Waals surface area contributed by atoms with E-state index in [4.69, 9.17) is 0 Å². The molecule has 0 radical (unpaired) electrons. The van der Waals surface area contributed by atoms with Crippen molar-refractivity contribution in [1.82, 2.24) is 23.9 Å². The zero-order valence-corrected chi connectivity index (χ0v) is 18.4. The minimum absolute atomic E-state index is 0.0266.